The van der Waals surface area contributed by atoms with Gasteiger partial charge >= 0.3 is 5.97 Å². The second kappa shape index (κ2) is 9.80. The molecule has 0 spiro atoms. The number of benzene rings is 3. The van der Waals surface area contributed by atoms with Crippen molar-refractivity contribution in [3.05, 3.63) is 95.1 Å². The van der Waals surface area contributed by atoms with E-state index in [-0.39, 0.29) is 6.79 Å². The molecule has 0 bridgehead atoms. The maximum Gasteiger partial charge on any atom is 0.343 e. The van der Waals surface area contributed by atoms with Crippen molar-refractivity contribution in [2.45, 2.75) is 6.92 Å². The van der Waals surface area contributed by atoms with Crippen LogP contribution in [0.2, 0.25) is 0 Å². The molecule has 0 radical (unpaired) electrons. The Morgan fingerprint density at radius 2 is 1.31 bits per heavy atom. The third kappa shape index (κ3) is 6.01. The first-order valence-electron chi connectivity index (χ1n) is 8.89. The van der Waals surface area contributed by atoms with Crippen LogP contribution in [0.15, 0.2) is 72.8 Å². The Labute approximate surface area is 169 Å². The fourth-order valence-corrected chi connectivity index (χ4v) is 2.38. The van der Waals surface area contributed by atoms with E-state index >= 15 is 0 Å². The van der Waals surface area contributed by atoms with Gasteiger partial charge in [-0.15, -0.1) is 0 Å². The molecule has 0 amide bonds. The number of hydrogen-bond donors (Lipinski definition) is 1. The summed E-state index contributed by atoms with van der Waals surface area (Å²) < 4.78 is 10.3. The molecule has 4 heteroatoms. The molecule has 3 aromatic rings. The molecule has 0 aliphatic heterocycles. The van der Waals surface area contributed by atoms with Crippen LogP contribution in [-0.4, -0.2) is 17.9 Å². The molecular formula is C25H18O4. The minimum Gasteiger partial charge on any atom is -0.468 e. The van der Waals surface area contributed by atoms with Crippen molar-refractivity contribution < 1.29 is 19.4 Å². The van der Waals surface area contributed by atoms with Crippen LogP contribution in [0, 0.1) is 30.6 Å². The minimum atomic E-state index is -0.398. The Bertz CT molecular complexity index is 1090. The molecule has 0 heterocycles. The second-order valence-electron chi connectivity index (χ2n) is 6.08. The predicted octanol–water partition coefficient (Wildman–Crippen LogP) is 3.95. The predicted molar refractivity (Wildman–Crippen MR) is 110 cm³/mol. The van der Waals surface area contributed by atoms with Gasteiger partial charge in [-0.25, -0.2) is 4.79 Å². The van der Waals surface area contributed by atoms with Crippen molar-refractivity contribution in [1.29, 1.82) is 0 Å². The number of ether oxygens (including phenoxy) is 2. The van der Waals surface area contributed by atoms with Gasteiger partial charge in [0.2, 0.25) is 0 Å². The van der Waals surface area contributed by atoms with Gasteiger partial charge in [0.05, 0.1) is 5.56 Å². The van der Waals surface area contributed by atoms with Gasteiger partial charge in [0.25, 0.3) is 0 Å². The van der Waals surface area contributed by atoms with Gasteiger partial charge in [0.15, 0.2) is 6.79 Å². The average molecular weight is 382 g/mol. The summed E-state index contributed by atoms with van der Waals surface area (Å²) in [7, 11) is 0. The van der Waals surface area contributed by atoms with Gasteiger partial charge in [0, 0.05) is 11.1 Å². The highest BCUT2D eigenvalue weighted by Gasteiger charge is 2.07. The number of carbonyl (C=O) groups is 1. The lowest BCUT2D eigenvalue weighted by Gasteiger charge is -2.04. The molecule has 0 fully saturated rings. The number of aryl methyl sites for hydroxylation is 1. The van der Waals surface area contributed by atoms with Crippen LogP contribution in [0.1, 0.15) is 27.0 Å². The number of hydrogen-bond acceptors (Lipinski definition) is 4. The SMILES string of the molecule is Cc1ccc(C(=O)Oc2ccc(C#CC#Cc3ccc(OCO)cc3)cc2)cc1. The zero-order chi connectivity index (χ0) is 20.5. The van der Waals surface area contributed by atoms with E-state index in [1.54, 1.807) is 60.7 Å². The number of carbonyl (C=O) groups excluding carboxylic acids is 1. The molecule has 1 N–H and O–H groups in total. The fourth-order valence-electron chi connectivity index (χ4n) is 2.38. The zero-order valence-corrected chi connectivity index (χ0v) is 15.8. The van der Waals surface area contributed by atoms with E-state index in [1.165, 1.54) is 0 Å². The molecule has 3 rings (SSSR count). The smallest absolute Gasteiger partial charge is 0.343 e. The summed E-state index contributed by atoms with van der Waals surface area (Å²) in [6.45, 7) is 1.60. The number of rotatable bonds is 4. The van der Waals surface area contributed by atoms with Crippen LogP contribution >= 0.6 is 0 Å². The third-order valence-electron chi connectivity index (χ3n) is 3.91. The summed E-state index contributed by atoms with van der Waals surface area (Å²) in [4.78, 5) is 12.1. The van der Waals surface area contributed by atoms with E-state index in [2.05, 4.69) is 23.7 Å². The van der Waals surface area contributed by atoms with Crippen LogP contribution in [0.4, 0.5) is 0 Å². The Balaban J connectivity index is 1.58. The normalized spacial score (nSPS) is 9.45. The lowest BCUT2D eigenvalue weighted by atomic mass is 10.1. The second-order valence-corrected chi connectivity index (χ2v) is 6.08. The van der Waals surface area contributed by atoms with Crippen LogP contribution in [0.25, 0.3) is 0 Å². The first kappa shape index (κ1) is 19.8. The van der Waals surface area contributed by atoms with Gasteiger partial charge in [0.1, 0.15) is 11.5 Å². The molecule has 0 aromatic heterocycles. The van der Waals surface area contributed by atoms with Crippen molar-refractivity contribution in [3.63, 3.8) is 0 Å². The largest absolute Gasteiger partial charge is 0.468 e. The summed E-state index contributed by atoms with van der Waals surface area (Å²) in [6, 6.07) is 21.2. The topological polar surface area (TPSA) is 55.8 Å². The summed E-state index contributed by atoms with van der Waals surface area (Å²) >= 11 is 0. The molecule has 0 aliphatic carbocycles. The van der Waals surface area contributed by atoms with E-state index < -0.39 is 5.97 Å². The minimum absolute atomic E-state index is 0.361. The van der Waals surface area contributed by atoms with E-state index in [1.807, 2.05) is 19.1 Å². The van der Waals surface area contributed by atoms with Crippen LogP contribution in [-0.2, 0) is 0 Å². The Morgan fingerprint density at radius 3 is 1.83 bits per heavy atom. The van der Waals surface area contributed by atoms with Gasteiger partial charge in [-0.1, -0.05) is 29.5 Å². The van der Waals surface area contributed by atoms with Gasteiger partial charge < -0.3 is 14.6 Å². The number of aliphatic hydroxyl groups is 1. The molecule has 0 atom stereocenters. The maximum atomic E-state index is 12.1. The maximum absolute atomic E-state index is 12.1. The first-order chi connectivity index (χ1) is 14.1. The van der Waals surface area contributed by atoms with Crippen LogP contribution in [0.3, 0.4) is 0 Å². The van der Waals surface area contributed by atoms with E-state index in [4.69, 9.17) is 14.6 Å². The lowest BCUT2D eigenvalue weighted by Crippen LogP contribution is -2.08. The Kier molecular flexibility index (Phi) is 6.68. The highest BCUT2D eigenvalue weighted by atomic mass is 16.6. The molecule has 29 heavy (non-hydrogen) atoms. The van der Waals surface area contributed by atoms with E-state index in [9.17, 15) is 4.79 Å². The standard InChI is InChI=1S/C25H18O4/c1-19-6-12-22(13-7-19)25(27)29-24-16-10-21(11-17-24)5-3-2-4-20-8-14-23(15-9-20)28-18-26/h6-17,26H,18H2,1H3. The van der Waals surface area contributed by atoms with Gasteiger partial charge in [-0.3, -0.25) is 0 Å². The zero-order valence-electron chi connectivity index (χ0n) is 15.8. The molecule has 0 unspecified atom stereocenters. The monoisotopic (exact) mass is 382 g/mol. The van der Waals surface area contributed by atoms with Crippen molar-refractivity contribution in [3.8, 4) is 35.2 Å². The Morgan fingerprint density at radius 1 is 0.793 bits per heavy atom. The van der Waals surface area contributed by atoms with Crippen molar-refractivity contribution >= 4 is 5.97 Å². The Hall–Kier alpha value is -3.99. The molecule has 0 saturated heterocycles. The summed E-state index contributed by atoms with van der Waals surface area (Å²) in [6.07, 6.45) is 0. The van der Waals surface area contributed by atoms with E-state index in [0.717, 1.165) is 16.7 Å². The van der Waals surface area contributed by atoms with Gasteiger partial charge in [-0.05, 0) is 79.4 Å². The summed E-state index contributed by atoms with van der Waals surface area (Å²) in [5, 5.41) is 8.70. The molecule has 142 valence electrons. The molecular weight excluding hydrogens is 364 g/mol. The lowest BCUT2D eigenvalue weighted by molar-refractivity contribution is 0.0734. The van der Waals surface area contributed by atoms with Crippen molar-refractivity contribution in [2.24, 2.45) is 0 Å². The molecule has 3 aromatic carbocycles. The average Bonchev–Trinajstić information content (AvgIpc) is 2.74. The molecule has 0 aliphatic rings. The highest BCUT2D eigenvalue weighted by molar-refractivity contribution is 5.91. The first-order valence-corrected chi connectivity index (χ1v) is 8.89. The quantitative estimate of drug-likeness (QED) is 0.321. The number of aliphatic hydroxyl groups excluding tert-OH is 1. The molecule has 0 saturated carbocycles. The number of esters is 1. The van der Waals surface area contributed by atoms with Crippen molar-refractivity contribution in [1.82, 2.24) is 0 Å². The molecule has 4 nitrogen and oxygen atoms in total. The van der Waals surface area contributed by atoms with E-state index in [0.29, 0.717) is 17.1 Å². The van der Waals surface area contributed by atoms with Crippen LogP contribution < -0.4 is 9.47 Å². The summed E-state index contributed by atoms with van der Waals surface area (Å²) in [5.41, 5.74) is 3.15. The summed E-state index contributed by atoms with van der Waals surface area (Å²) in [5.74, 6) is 12.1. The highest BCUT2D eigenvalue weighted by Crippen LogP contribution is 2.14. The van der Waals surface area contributed by atoms with Crippen molar-refractivity contribution in [2.75, 3.05) is 6.79 Å². The fraction of sp³-hybridized carbons (Fsp3) is 0.0800. The van der Waals surface area contributed by atoms with Gasteiger partial charge in [-0.2, -0.15) is 0 Å². The third-order valence-corrected chi connectivity index (χ3v) is 3.91. The van der Waals surface area contributed by atoms with Crippen LogP contribution in [0.5, 0.6) is 11.5 Å².